The average Bonchev–Trinajstić information content (AvgIpc) is 3.20. The molecule has 0 spiro atoms. The molecular formula is C20H22N4O5. The van der Waals surface area contributed by atoms with Crippen LogP contribution in [-0.4, -0.2) is 60.1 Å². The predicted molar refractivity (Wildman–Crippen MR) is 106 cm³/mol. The predicted octanol–water partition coefficient (Wildman–Crippen LogP) is 2.08. The normalized spacial score (nSPS) is 15.9. The first-order valence-corrected chi connectivity index (χ1v) is 9.45. The monoisotopic (exact) mass is 398 g/mol. The molecule has 0 aromatic heterocycles. The zero-order valence-electron chi connectivity index (χ0n) is 15.9. The van der Waals surface area contributed by atoms with Crippen LogP contribution in [0.5, 0.6) is 11.5 Å². The van der Waals surface area contributed by atoms with Gasteiger partial charge in [0.05, 0.1) is 11.5 Å². The number of non-ortho nitro benzene ring substituents is 1. The first kappa shape index (κ1) is 19.0. The average molecular weight is 398 g/mol. The number of carbonyl (C=O) groups excluding carboxylic acids is 1. The molecule has 2 aliphatic rings. The van der Waals surface area contributed by atoms with Gasteiger partial charge in [0.25, 0.3) is 5.69 Å². The van der Waals surface area contributed by atoms with E-state index in [2.05, 4.69) is 10.2 Å². The Hall–Kier alpha value is -3.33. The van der Waals surface area contributed by atoms with Gasteiger partial charge >= 0.3 is 0 Å². The van der Waals surface area contributed by atoms with Gasteiger partial charge in [0.15, 0.2) is 11.5 Å². The van der Waals surface area contributed by atoms with Gasteiger partial charge in [-0.2, -0.15) is 0 Å². The van der Waals surface area contributed by atoms with Crippen molar-refractivity contribution in [1.29, 1.82) is 0 Å². The summed E-state index contributed by atoms with van der Waals surface area (Å²) in [6.07, 6.45) is 0. The van der Waals surface area contributed by atoms with Crippen molar-refractivity contribution in [2.45, 2.75) is 6.54 Å². The lowest BCUT2D eigenvalue weighted by Crippen LogP contribution is -2.49. The van der Waals surface area contributed by atoms with E-state index in [4.69, 9.17) is 9.47 Å². The highest BCUT2D eigenvalue weighted by molar-refractivity contribution is 5.81. The number of ether oxygens (including phenoxy) is 2. The third-order valence-corrected chi connectivity index (χ3v) is 5.07. The number of fused-ring (bicyclic) bond motifs is 1. The number of benzene rings is 2. The smallest absolute Gasteiger partial charge is 0.271 e. The number of nitrogens with zero attached hydrogens (tertiary/aromatic N) is 3. The minimum Gasteiger partial charge on any atom is -0.454 e. The summed E-state index contributed by atoms with van der Waals surface area (Å²) in [6.45, 7) is 4.06. The molecule has 0 unspecified atom stereocenters. The summed E-state index contributed by atoms with van der Waals surface area (Å²) in [4.78, 5) is 27.0. The van der Waals surface area contributed by atoms with Crippen molar-refractivity contribution >= 4 is 17.3 Å². The molecule has 152 valence electrons. The lowest BCUT2D eigenvalue weighted by atomic mass is 10.1. The van der Waals surface area contributed by atoms with Crippen molar-refractivity contribution in [3.05, 3.63) is 58.1 Å². The number of hydrogen-bond donors (Lipinski definition) is 1. The first-order chi connectivity index (χ1) is 14.1. The van der Waals surface area contributed by atoms with Gasteiger partial charge in [0.1, 0.15) is 0 Å². The summed E-state index contributed by atoms with van der Waals surface area (Å²) >= 11 is 0. The highest BCUT2D eigenvalue weighted by Gasteiger charge is 2.22. The van der Waals surface area contributed by atoms with Crippen molar-refractivity contribution in [3.63, 3.8) is 0 Å². The van der Waals surface area contributed by atoms with Gasteiger partial charge in [-0.25, -0.2) is 0 Å². The second-order valence-electron chi connectivity index (χ2n) is 7.01. The lowest BCUT2D eigenvalue weighted by Gasteiger charge is -2.34. The topological polar surface area (TPSA) is 97.2 Å². The van der Waals surface area contributed by atoms with Gasteiger partial charge in [-0.1, -0.05) is 12.1 Å². The molecule has 2 aliphatic heterocycles. The number of rotatable bonds is 6. The van der Waals surface area contributed by atoms with E-state index in [0.29, 0.717) is 18.8 Å². The van der Waals surface area contributed by atoms with Crippen LogP contribution in [0.4, 0.5) is 11.4 Å². The summed E-state index contributed by atoms with van der Waals surface area (Å²) in [5, 5.41) is 13.8. The number of amides is 1. The molecule has 0 atom stereocenters. The molecule has 0 bridgehead atoms. The summed E-state index contributed by atoms with van der Waals surface area (Å²) in [6, 6.07) is 12.1. The van der Waals surface area contributed by atoms with E-state index in [9.17, 15) is 14.9 Å². The zero-order chi connectivity index (χ0) is 20.2. The minimum atomic E-state index is -0.452. The number of hydrogen-bond acceptors (Lipinski definition) is 7. The molecule has 29 heavy (non-hydrogen) atoms. The van der Waals surface area contributed by atoms with Crippen molar-refractivity contribution in [2.75, 3.05) is 44.8 Å². The number of nitro benzene ring substituents is 1. The maximum atomic E-state index is 12.5. The molecule has 1 saturated heterocycles. The fraction of sp³-hybridized carbons (Fsp3) is 0.350. The van der Waals surface area contributed by atoms with E-state index < -0.39 is 4.92 Å². The molecule has 2 aromatic carbocycles. The third-order valence-electron chi connectivity index (χ3n) is 5.07. The van der Waals surface area contributed by atoms with Gasteiger partial charge in [-0.05, 0) is 23.8 Å². The van der Waals surface area contributed by atoms with E-state index in [1.807, 2.05) is 23.1 Å². The zero-order valence-corrected chi connectivity index (χ0v) is 15.9. The molecule has 9 nitrogen and oxygen atoms in total. The lowest BCUT2D eigenvalue weighted by molar-refractivity contribution is -0.384. The van der Waals surface area contributed by atoms with Crippen LogP contribution < -0.4 is 14.8 Å². The Kier molecular flexibility index (Phi) is 5.48. The highest BCUT2D eigenvalue weighted by Crippen LogP contribution is 2.32. The van der Waals surface area contributed by atoms with E-state index in [0.717, 1.165) is 36.7 Å². The van der Waals surface area contributed by atoms with Crippen LogP contribution in [0.2, 0.25) is 0 Å². The second kappa shape index (κ2) is 8.36. The Balaban J connectivity index is 1.24. The van der Waals surface area contributed by atoms with Crippen LogP contribution in [-0.2, 0) is 11.3 Å². The molecule has 0 saturated carbocycles. The van der Waals surface area contributed by atoms with Gasteiger partial charge in [-0.3, -0.25) is 19.8 Å². The molecule has 4 rings (SSSR count). The number of piperazine rings is 1. The Morgan fingerprint density at radius 1 is 1.07 bits per heavy atom. The molecule has 2 aromatic rings. The summed E-state index contributed by atoms with van der Waals surface area (Å²) in [5.41, 5.74) is 1.72. The van der Waals surface area contributed by atoms with Crippen LogP contribution in [0, 0.1) is 10.1 Å². The Bertz CT molecular complexity index is 911. The van der Waals surface area contributed by atoms with Crippen LogP contribution in [0.15, 0.2) is 42.5 Å². The molecule has 9 heteroatoms. The standard InChI is InChI=1S/C20H22N4O5/c25-20(12-21-16-2-1-3-17(11-16)24(26)27)23-8-6-22(7-9-23)13-15-4-5-18-19(10-15)29-14-28-18/h1-5,10-11,21H,6-9,12-14H2. The molecule has 1 amide bonds. The second-order valence-corrected chi connectivity index (χ2v) is 7.01. The SMILES string of the molecule is O=C(CNc1cccc([N+](=O)[O-])c1)N1CCN(Cc2ccc3c(c2)OCO3)CC1. The van der Waals surface area contributed by atoms with Crippen LogP contribution >= 0.6 is 0 Å². The third kappa shape index (κ3) is 4.57. The molecule has 0 aliphatic carbocycles. The summed E-state index contributed by atoms with van der Waals surface area (Å²) < 4.78 is 10.8. The quantitative estimate of drug-likeness (QED) is 0.588. The van der Waals surface area contributed by atoms with E-state index >= 15 is 0 Å². The fourth-order valence-corrected chi connectivity index (χ4v) is 3.47. The molecule has 2 heterocycles. The number of nitro groups is 1. The van der Waals surface area contributed by atoms with Crippen LogP contribution in [0.1, 0.15) is 5.56 Å². The fourth-order valence-electron chi connectivity index (χ4n) is 3.47. The molecular weight excluding hydrogens is 376 g/mol. The van der Waals surface area contributed by atoms with Gasteiger partial charge in [0, 0.05) is 50.5 Å². The minimum absolute atomic E-state index is 0.000388. The number of nitrogens with one attached hydrogen (secondary N) is 1. The van der Waals surface area contributed by atoms with Crippen LogP contribution in [0.25, 0.3) is 0 Å². The highest BCUT2D eigenvalue weighted by atomic mass is 16.7. The Labute approximate surface area is 168 Å². The van der Waals surface area contributed by atoms with E-state index in [-0.39, 0.29) is 24.9 Å². The molecule has 1 fully saturated rings. The molecule has 1 N–H and O–H groups in total. The first-order valence-electron chi connectivity index (χ1n) is 9.45. The van der Waals surface area contributed by atoms with Crippen molar-refractivity contribution in [1.82, 2.24) is 9.80 Å². The number of anilines is 1. The van der Waals surface area contributed by atoms with Crippen molar-refractivity contribution in [2.24, 2.45) is 0 Å². The molecule has 0 radical (unpaired) electrons. The van der Waals surface area contributed by atoms with Gasteiger partial charge in [0.2, 0.25) is 12.7 Å². The Morgan fingerprint density at radius 3 is 2.66 bits per heavy atom. The maximum absolute atomic E-state index is 12.5. The van der Waals surface area contributed by atoms with Gasteiger partial charge in [-0.15, -0.1) is 0 Å². The largest absolute Gasteiger partial charge is 0.454 e. The van der Waals surface area contributed by atoms with Crippen LogP contribution in [0.3, 0.4) is 0 Å². The Morgan fingerprint density at radius 2 is 1.86 bits per heavy atom. The van der Waals surface area contributed by atoms with E-state index in [1.54, 1.807) is 12.1 Å². The maximum Gasteiger partial charge on any atom is 0.271 e. The summed E-state index contributed by atoms with van der Waals surface area (Å²) in [5.74, 6) is 1.54. The summed E-state index contributed by atoms with van der Waals surface area (Å²) in [7, 11) is 0. The van der Waals surface area contributed by atoms with Crippen molar-refractivity contribution < 1.29 is 19.2 Å². The van der Waals surface area contributed by atoms with Crippen molar-refractivity contribution in [3.8, 4) is 11.5 Å². The van der Waals surface area contributed by atoms with E-state index in [1.165, 1.54) is 12.1 Å². The number of carbonyl (C=O) groups is 1. The van der Waals surface area contributed by atoms with Gasteiger partial charge < -0.3 is 19.7 Å².